The highest BCUT2D eigenvalue weighted by Crippen LogP contribution is 2.02. The molecule has 1 aromatic rings. The lowest BCUT2D eigenvalue weighted by Crippen LogP contribution is -2.23. The molecular weight excluding hydrogens is 214 g/mol. The monoisotopic (exact) mass is 237 g/mol. The number of rotatable bonds is 7. The maximum Gasteiger partial charge on any atom is 0.131 e. The van der Waals surface area contributed by atoms with Gasteiger partial charge in [0, 0.05) is 31.3 Å². The summed E-state index contributed by atoms with van der Waals surface area (Å²) in [5.41, 5.74) is 2.07. The topological polar surface area (TPSA) is 47.0 Å². The minimum absolute atomic E-state index is 0.470. The fourth-order valence-corrected chi connectivity index (χ4v) is 1.52. The third kappa shape index (κ3) is 5.75. The summed E-state index contributed by atoms with van der Waals surface area (Å²) < 4.78 is 5.32. The van der Waals surface area contributed by atoms with Gasteiger partial charge in [0.15, 0.2) is 0 Å². The molecule has 0 radical (unpaired) electrons. The summed E-state index contributed by atoms with van der Waals surface area (Å²) in [6, 6.07) is 2.50. The van der Waals surface area contributed by atoms with Crippen molar-refractivity contribution < 1.29 is 4.74 Å². The summed E-state index contributed by atoms with van der Waals surface area (Å²) in [5.74, 6) is 0.874. The van der Waals surface area contributed by atoms with Gasteiger partial charge in [-0.3, -0.25) is 0 Å². The van der Waals surface area contributed by atoms with Crippen LogP contribution in [0.3, 0.4) is 0 Å². The zero-order valence-corrected chi connectivity index (χ0v) is 11.3. The van der Waals surface area contributed by atoms with Gasteiger partial charge in [-0.1, -0.05) is 13.8 Å². The highest BCUT2D eigenvalue weighted by atomic mass is 16.5. The van der Waals surface area contributed by atoms with Crippen molar-refractivity contribution in [2.75, 3.05) is 13.2 Å². The van der Waals surface area contributed by atoms with Gasteiger partial charge in [0.1, 0.15) is 5.82 Å². The second kappa shape index (κ2) is 7.35. The predicted octanol–water partition coefficient (Wildman–Crippen LogP) is 1.86. The van der Waals surface area contributed by atoms with Crippen molar-refractivity contribution in [2.24, 2.45) is 0 Å². The van der Waals surface area contributed by atoms with Crippen molar-refractivity contribution >= 4 is 0 Å². The molecule has 1 heterocycles. The van der Waals surface area contributed by atoms with Crippen molar-refractivity contribution in [3.05, 3.63) is 23.3 Å². The number of aromatic nitrogens is 2. The number of ether oxygens (including phenoxy) is 1. The lowest BCUT2D eigenvalue weighted by molar-refractivity contribution is 0.149. The number of nitrogens with one attached hydrogen (secondary N) is 1. The lowest BCUT2D eigenvalue weighted by Gasteiger charge is -2.09. The van der Waals surface area contributed by atoms with E-state index in [4.69, 9.17) is 4.74 Å². The fourth-order valence-electron chi connectivity index (χ4n) is 1.52. The SMILES string of the molecule is CCOCCc1nc(C)cc(CNC(C)C)n1. The molecule has 0 aromatic carbocycles. The summed E-state index contributed by atoms with van der Waals surface area (Å²) in [4.78, 5) is 8.94. The minimum atomic E-state index is 0.470. The molecule has 0 bridgehead atoms. The number of hydrogen-bond donors (Lipinski definition) is 1. The van der Waals surface area contributed by atoms with E-state index in [1.807, 2.05) is 19.9 Å². The highest BCUT2D eigenvalue weighted by Gasteiger charge is 2.03. The van der Waals surface area contributed by atoms with Crippen LogP contribution in [0.1, 0.15) is 38.0 Å². The van der Waals surface area contributed by atoms with E-state index in [2.05, 4.69) is 29.1 Å². The van der Waals surface area contributed by atoms with Gasteiger partial charge in [0.2, 0.25) is 0 Å². The Morgan fingerprint density at radius 2 is 2.12 bits per heavy atom. The Morgan fingerprint density at radius 3 is 2.76 bits per heavy atom. The van der Waals surface area contributed by atoms with Gasteiger partial charge in [-0.15, -0.1) is 0 Å². The smallest absolute Gasteiger partial charge is 0.131 e. The van der Waals surface area contributed by atoms with Crippen LogP contribution in [0.2, 0.25) is 0 Å². The second-order valence-electron chi connectivity index (χ2n) is 4.40. The van der Waals surface area contributed by atoms with Gasteiger partial charge in [0.05, 0.1) is 12.3 Å². The predicted molar refractivity (Wildman–Crippen MR) is 68.9 cm³/mol. The molecule has 0 saturated heterocycles. The van der Waals surface area contributed by atoms with Crippen LogP contribution >= 0.6 is 0 Å². The van der Waals surface area contributed by atoms with Crippen LogP contribution in [0.4, 0.5) is 0 Å². The average molecular weight is 237 g/mol. The summed E-state index contributed by atoms with van der Waals surface area (Å²) >= 11 is 0. The Balaban J connectivity index is 2.59. The molecule has 17 heavy (non-hydrogen) atoms. The van der Waals surface area contributed by atoms with E-state index >= 15 is 0 Å². The lowest BCUT2D eigenvalue weighted by atomic mass is 10.3. The number of hydrogen-bond acceptors (Lipinski definition) is 4. The Morgan fingerprint density at radius 1 is 1.35 bits per heavy atom. The molecule has 0 aliphatic rings. The molecular formula is C13H23N3O. The molecule has 0 aliphatic carbocycles. The maximum atomic E-state index is 5.32. The standard InChI is InChI=1S/C13H23N3O/c1-5-17-7-6-13-15-11(4)8-12(16-13)9-14-10(2)3/h8,10,14H,5-7,9H2,1-4H3. The van der Waals surface area contributed by atoms with Crippen molar-refractivity contribution in [2.45, 2.75) is 46.7 Å². The summed E-state index contributed by atoms with van der Waals surface area (Å²) in [6.45, 7) is 10.5. The summed E-state index contributed by atoms with van der Waals surface area (Å²) in [6.07, 6.45) is 0.782. The molecule has 0 fully saturated rings. The minimum Gasteiger partial charge on any atom is -0.381 e. The van der Waals surface area contributed by atoms with E-state index in [0.29, 0.717) is 12.6 Å². The van der Waals surface area contributed by atoms with Gasteiger partial charge >= 0.3 is 0 Å². The Kier molecular flexibility index (Phi) is 6.08. The van der Waals surface area contributed by atoms with Gasteiger partial charge in [-0.2, -0.15) is 0 Å². The molecule has 4 heteroatoms. The molecule has 0 unspecified atom stereocenters. The zero-order valence-electron chi connectivity index (χ0n) is 11.3. The first kappa shape index (κ1) is 14.1. The fraction of sp³-hybridized carbons (Fsp3) is 0.692. The maximum absolute atomic E-state index is 5.32. The highest BCUT2D eigenvalue weighted by molar-refractivity contribution is 5.10. The zero-order chi connectivity index (χ0) is 12.7. The first-order chi connectivity index (χ1) is 8.11. The van der Waals surface area contributed by atoms with Gasteiger partial charge in [0.25, 0.3) is 0 Å². The van der Waals surface area contributed by atoms with E-state index in [1.165, 1.54) is 0 Å². The Hall–Kier alpha value is -1.00. The van der Waals surface area contributed by atoms with Crippen LogP contribution in [0, 0.1) is 6.92 Å². The van der Waals surface area contributed by atoms with Crippen molar-refractivity contribution in [3.8, 4) is 0 Å². The van der Waals surface area contributed by atoms with Crippen molar-refractivity contribution in [1.29, 1.82) is 0 Å². The molecule has 0 saturated carbocycles. The third-order valence-corrected chi connectivity index (χ3v) is 2.32. The van der Waals surface area contributed by atoms with E-state index in [0.717, 1.165) is 36.8 Å². The van der Waals surface area contributed by atoms with Gasteiger partial charge in [-0.05, 0) is 19.9 Å². The van der Waals surface area contributed by atoms with E-state index < -0.39 is 0 Å². The van der Waals surface area contributed by atoms with E-state index in [-0.39, 0.29) is 0 Å². The normalized spacial score (nSPS) is 11.1. The van der Waals surface area contributed by atoms with Crippen LogP contribution in [0.15, 0.2) is 6.07 Å². The van der Waals surface area contributed by atoms with Crippen LogP contribution in [-0.4, -0.2) is 29.2 Å². The molecule has 0 atom stereocenters. The number of nitrogens with zero attached hydrogens (tertiary/aromatic N) is 2. The van der Waals surface area contributed by atoms with Crippen LogP contribution in [0.25, 0.3) is 0 Å². The van der Waals surface area contributed by atoms with E-state index in [1.54, 1.807) is 0 Å². The number of aryl methyl sites for hydroxylation is 1. The molecule has 0 amide bonds. The molecule has 1 N–H and O–H groups in total. The van der Waals surface area contributed by atoms with Crippen LogP contribution in [0.5, 0.6) is 0 Å². The van der Waals surface area contributed by atoms with Gasteiger partial charge in [-0.25, -0.2) is 9.97 Å². The largest absolute Gasteiger partial charge is 0.381 e. The molecule has 0 spiro atoms. The van der Waals surface area contributed by atoms with Crippen molar-refractivity contribution in [1.82, 2.24) is 15.3 Å². The molecule has 96 valence electrons. The van der Waals surface area contributed by atoms with Crippen LogP contribution < -0.4 is 5.32 Å². The van der Waals surface area contributed by atoms with Crippen LogP contribution in [-0.2, 0) is 17.7 Å². The molecule has 1 rings (SSSR count). The van der Waals surface area contributed by atoms with E-state index in [9.17, 15) is 0 Å². The average Bonchev–Trinajstić information content (AvgIpc) is 2.26. The third-order valence-electron chi connectivity index (χ3n) is 2.32. The Bertz CT molecular complexity index is 339. The van der Waals surface area contributed by atoms with Crippen molar-refractivity contribution in [3.63, 3.8) is 0 Å². The molecule has 1 aromatic heterocycles. The molecule has 0 aliphatic heterocycles. The molecule has 4 nitrogen and oxygen atoms in total. The summed E-state index contributed by atoms with van der Waals surface area (Å²) in [5, 5.41) is 3.36. The summed E-state index contributed by atoms with van der Waals surface area (Å²) in [7, 11) is 0. The first-order valence-corrected chi connectivity index (χ1v) is 6.26. The van der Waals surface area contributed by atoms with Gasteiger partial charge < -0.3 is 10.1 Å². The quantitative estimate of drug-likeness (QED) is 0.735. The first-order valence-electron chi connectivity index (χ1n) is 6.26. The second-order valence-corrected chi connectivity index (χ2v) is 4.40. The Labute approximate surface area is 104 Å².